The van der Waals surface area contributed by atoms with Crippen molar-refractivity contribution in [1.82, 2.24) is 0 Å². The highest BCUT2D eigenvalue weighted by Crippen LogP contribution is 2.37. The molecule has 1 amide bonds. The van der Waals surface area contributed by atoms with Crippen molar-refractivity contribution in [3.63, 3.8) is 0 Å². The highest BCUT2D eigenvalue weighted by molar-refractivity contribution is 5.90. The fourth-order valence-corrected chi connectivity index (χ4v) is 1.86. The molecular formula is C11H17NO2. The lowest BCUT2D eigenvalue weighted by Gasteiger charge is -2.31. The Morgan fingerprint density at radius 3 is 2.79 bits per heavy atom. The van der Waals surface area contributed by atoms with Crippen LogP contribution < -0.4 is 5.73 Å². The molecule has 0 bridgehead atoms. The number of primary amides is 1. The van der Waals surface area contributed by atoms with Crippen molar-refractivity contribution in [2.45, 2.75) is 39.0 Å². The molecule has 0 aliphatic heterocycles. The monoisotopic (exact) mass is 195 g/mol. The summed E-state index contributed by atoms with van der Waals surface area (Å²) in [6, 6.07) is 0. The second-order valence-corrected chi connectivity index (χ2v) is 3.98. The predicted molar refractivity (Wildman–Crippen MR) is 54.5 cm³/mol. The summed E-state index contributed by atoms with van der Waals surface area (Å²) in [5.74, 6) is -0.0729. The smallest absolute Gasteiger partial charge is 0.217 e. The topological polar surface area (TPSA) is 60.2 Å². The summed E-state index contributed by atoms with van der Waals surface area (Å²) in [7, 11) is 0. The maximum atomic E-state index is 11.0. The van der Waals surface area contributed by atoms with E-state index in [9.17, 15) is 9.59 Å². The molecule has 0 aromatic heterocycles. The van der Waals surface area contributed by atoms with Gasteiger partial charge in [-0.3, -0.25) is 9.59 Å². The van der Waals surface area contributed by atoms with Crippen LogP contribution in [-0.2, 0) is 9.59 Å². The maximum absolute atomic E-state index is 11.0. The first kappa shape index (κ1) is 11.0. The second kappa shape index (κ2) is 4.40. The Kier molecular flexibility index (Phi) is 3.44. The Balaban J connectivity index is 2.62. The van der Waals surface area contributed by atoms with Gasteiger partial charge in [0, 0.05) is 12.8 Å². The minimum Gasteiger partial charge on any atom is -0.370 e. The van der Waals surface area contributed by atoms with Crippen LogP contribution in [0.1, 0.15) is 39.0 Å². The average molecular weight is 195 g/mol. The zero-order chi connectivity index (χ0) is 10.6. The fourth-order valence-electron chi connectivity index (χ4n) is 1.86. The Labute approximate surface area is 84.4 Å². The lowest BCUT2D eigenvalue weighted by molar-refractivity contribution is -0.118. The van der Waals surface area contributed by atoms with Gasteiger partial charge in [0.2, 0.25) is 5.91 Å². The average Bonchev–Trinajstić information content (AvgIpc) is 2.18. The molecule has 3 heteroatoms. The Morgan fingerprint density at radius 1 is 1.64 bits per heavy atom. The third-order valence-corrected chi connectivity index (χ3v) is 3.07. The minimum absolute atomic E-state index is 0.0307. The minimum atomic E-state index is -0.261. The molecule has 0 fully saturated rings. The third-order valence-electron chi connectivity index (χ3n) is 3.07. The quantitative estimate of drug-likeness (QED) is 0.740. The van der Waals surface area contributed by atoms with Gasteiger partial charge in [0.05, 0.1) is 0 Å². The van der Waals surface area contributed by atoms with E-state index >= 15 is 0 Å². The number of carbonyl (C=O) groups excluding carboxylic acids is 2. The first-order chi connectivity index (χ1) is 6.58. The third kappa shape index (κ3) is 2.69. The van der Waals surface area contributed by atoms with Gasteiger partial charge in [-0.1, -0.05) is 13.0 Å². The van der Waals surface area contributed by atoms with E-state index in [0.29, 0.717) is 12.8 Å². The maximum Gasteiger partial charge on any atom is 0.217 e. The molecule has 1 aliphatic carbocycles. The normalized spacial score (nSPS) is 26.5. The molecule has 1 atom stereocenters. The molecule has 0 saturated heterocycles. The van der Waals surface area contributed by atoms with Gasteiger partial charge in [-0.25, -0.2) is 0 Å². The summed E-state index contributed by atoms with van der Waals surface area (Å²) in [6.45, 7) is 2.08. The van der Waals surface area contributed by atoms with Gasteiger partial charge in [-0.2, -0.15) is 0 Å². The van der Waals surface area contributed by atoms with Crippen molar-refractivity contribution in [2.75, 3.05) is 0 Å². The van der Waals surface area contributed by atoms with Crippen LogP contribution >= 0.6 is 0 Å². The van der Waals surface area contributed by atoms with Crippen LogP contribution in [0.5, 0.6) is 0 Å². The second-order valence-electron chi connectivity index (χ2n) is 3.98. The van der Waals surface area contributed by atoms with Crippen molar-refractivity contribution >= 4 is 11.7 Å². The number of ketones is 1. The van der Waals surface area contributed by atoms with Crippen molar-refractivity contribution in [2.24, 2.45) is 11.1 Å². The Bertz CT molecular complexity index is 270. The van der Waals surface area contributed by atoms with Crippen LogP contribution in [0.25, 0.3) is 0 Å². The molecule has 0 aromatic carbocycles. The van der Waals surface area contributed by atoms with Crippen molar-refractivity contribution in [1.29, 1.82) is 0 Å². The first-order valence-electron chi connectivity index (χ1n) is 5.08. The largest absolute Gasteiger partial charge is 0.370 e. The number of allylic oxidation sites excluding steroid dienone is 2. The van der Waals surface area contributed by atoms with Crippen LogP contribution in [0, 0.1) is 5.41 Å². The highest BCUT2D eigenvalue weighted by atomic mass is 16.1. The predicted octanol–water partition coefficient (Wildman–Crippen LogP) is 1.57. The zero-order valence-corrected chi connectivity index (χ0v) is 8.58. The number of nitrogens with two attached hydrogens (primary N) is 1. The summed E-state index contributed by atoms with van der Waals surface area (Å²) in [5.41, 5.74) is 5.15. The molecule has 78 valence electrons. The van der Waals surface area contributed by atoms with E-state index in [2.05, 4.69) is 6.92 Å². The number of rotatable bonds is 4. The van der Waals surface area contributed by atoms with Gasteiger partial charge in [-0.15, -0.1) is 0 Å². The molecule has 0 aromatic rings. The lowest BCUT2D eigenvalue weighted by atomic mass is 9.73. The fraction of sp³-hybridized carbons (Fsp3) is 0.636. The van der Waals surface area contributed by atoms with Crippen molar-refractivity contribution in [3.8, 4) is 0 Å². The molecule has 0 saturated carbocycles. The van der Waals surface area contributed by atoms with E-state index in [-0.39, 0.29) is 17.1 Å². The van der Waals surface area contributed by atoms with E-state index in [1.165, 1.54) is 0 Å². The van der Waals surface area contributed by atoms with Gasteiger partial charge in [0.15, 0.2) is 5.78 Å². The first-order valence-corrected chi connectivity index (χ1v) is 5.08. The van der Waals surface area contributed by atoms with E-state index < -0.39 is 0 Å². The van der Waals surface area contributed by atoms with Crippen molar-refractivity contribution in [3.05, 3.63) is 12.2 Å². The van der Waals surface area contributed by atoms with Crippen LogP contribution in [0.4, 0.5) is 0 Å². The molecule has 2 N–H and O–H groups in total. The summed E-state index contributed by atoms with van der Waals surface area (Å²) < 4.78 is 0. The molecule has 0 spiro atoms. The number of hydrogen-bond donors (Lipinski definition) is 1. The number of carbonyl (C=O) groups is 2. The van der Waals surface area contributed by atoms with Gasteiger partial charge >= 0.3 is 0 Å². The van der Waals surface area contributed by atoms with Crippen molar-refractivity contribution < 1.29 is 9.59 Å². The molecule has 3 nitrogen and oxygen atoms in total. The summed E-state index contributed by atoms with van der Waals surface area (Å²) in [4.78, 5) is 21.7. The molecular weight excluding hydrogens is 178 g/mol. The van der Waals surface area contributed by atoms with Crippen LogP contribution in [0.15, 0.2) is 12.2 Å². The highest BCUT2D eigenvalue weighted by Gasteiger charge is 2.28. The van der Waals surface area contributed by atoms with Gasteiger partial charge in [-0.05, 0) is 30.8 Å². The SMILES string of the molecule is CC[C@@]1(CCC(N)=O)C=CC(=O)CC1. The van der Waals surface area contributed by atoms with Crippen LogP contribution in [0.2, 0.25) is 0 Å². The number of hydrogen-bond acceptors (Lipinski definition) is 2. The Morgan fingerprint density at radius 2 is 2.36 bits per heavy atom. The molecule has 0 radical (unpaired) electrons. The van der Waals surface area contributed by atoms with E-state index in [4.69, 9.17) is 5.73 Å². The van der Waals surface area contributed by atoms with E-state index in [1.54, 1.807) is 6.08 Å². The van der Waals surface area contributed by atoms with E-state index in [1.807, 2.05) is 6.08 Å². The standard InChI is InChI=1S/C11H17NO2/c1-2-11(8-5-10(12)14)6-3-9(13)4-7-11/h3,6H,2,4-5,7-8H2,1H3,(H2,12,14)/t11-/m1/s1. The van der Waals surface area contributed by atoms with Gasteiger partial charge in [0.1, 0.15) is 0 Å². The Hall–Kier alpha value is -1.12. The van der Waals surface area contributed by atoms with Crippen LogP contribution in [-0.4, -0.2) is 11.7 Å². The summed E-state index contributed by atoms with van der Waals surface area (Å²) in [5, 5.41) is 0. The molecule has 1 rings (SSSR count). The van der Waals surface area contributed by atoms with Gasteiger partial charge in [0.25, 0.3) is 0 Å². The number of amides is 1. The van der Waals surface area contributed by atoms with Gasteiger partial charge < -0.3 is 5.73 Å². The van der Waals surface area contributed by atoms with E-state index in [0.717, 1.165) is 19.3 Å². The van der Waals surface area contributed by atoms with Crippen LogP contribution in [0.3, 0.4) is 0 Å². The molecule has 0 heterocycles. The molecule has 14 heavy (non-hydrogen) atoms. The molecule has 1 aliphatic rings. The summed E-state index contributed by atoms with van der Waals surface area (Å²) >= 11 is 0. The lowest BCUT2D eigenvalue weighted by Crippen LogP contribution is -2.24. The summed E-state index contributed by atoms with van der Waals surface area (Å²) in [6.07, 6.45) is 7.20. The zero-order valence-electron chi connectivity index (χ0n) is 8.58. The molecule has 0 unspecified atom stereocenters.